The molecular weight excluding hydrogens is 533 g/mol. The Hall–Kier alpha value is -4.55. The van der Waals surface area contributed by atoms with Gasteiger partial charge in [-0.2, -0.15) is 4.98 Å². The number of nitrogens with zero attached hydrogens (tertiary/aromatic N) is 4. The van der Waals surface area contributed by atoms with Crippen molar-refractivity contribution >= 4 is 44.8 Å². The molecule has 0 saturated carbocycles. The van der Waals surface area contributed by atoms with Gasteiger partial charge >= 0.3 is 0 Å². The zero-order chi connectivity index (χ0) is 28.1. The summed E-state index contributed by atoms with van der Waals surface area (Å²) in [4.78, 5) is 25.0. The van der Waals surface area contributed by atoms with E-state index in [2.05, 4.69) is 30.2 Å². The molecule has 0 atom stereocenters. The summed E-state index contributed by atoms with van der Waals surface area (Å²) in [6.45, 7) is 3.02. The first-order valence-corrected chi connectivity index (χ1v) is 14.1. The number of likely N-dealkylation sites (N-methyl/N-ethyl adjacent to an activating group) is 1. The van der Waals surface area contributed by atoms with Crippen molar-refractivity contribution in [3.63, 3.8) is 0 Å². The van der Waals surface area contributed by atoms with Gasteiger partial charge in [-0.1, -0.05) is 24.3 Å². The maximum absolute atomic E-state index is 14.5. The van der Waals surface area contributed by atoms with Gasteiger partial charge in [0.05, 0.1) is 11.1 Å². The number of piperazine rings is 1. The maximum atomic E-state index is 14.5. The average molecular weight is 562 g/mol. The third kappa shape index (κ3) is 6.53. The second-order valence-corrected chi connectivity index (χ2v) is 11.0. The number of amides is 1. The minimum absolute atomic E-state index is 0.0352. The van der Waals surface area contributed by atoms with Crippen LogP contribution in [-0.2, 0) is 10.0 Å². The number of carbonyl (C=O) groups is 1. The molecule has 1 aliphatic rings. The first kappa shape index (κ1) is 27.0. The predicted octanol–water partition coefficient (Wildman–Crippen LogP) is 4.29. The summed E-state index contributed by atoms with van der Waals surface area (Å²) in [6.07, 6.45) is 1.01. The Kier molecular flexibility index (Phi) is 7.89. The van der Waals surface area contributed by atoms with Crippen LogP contribution in [0.2, 0.25) is 0 Å². The van der Waals surface area contributed by atoms with E-state index < -0.39 is 15.8 Å². The van der Waals surface area contributed by atoms with Gasteiger partial charge < -0.3 is 20.4 Å². The molecule has 5 rings (SSSR count). The van der Waals surface area contributed by atoms with Crippen LogP contribution in [0.3, 0.4) is 0 Å². The van der Waals surface area contributed by atoms with Gasteiger partial charge in [-0.05, 0) is 61.6 Å². The van der Waals surface area contributed by atoms with Crippen LogP contribution in [0.4, 0.5) is 33.2 Å². The third-order valence-electron chi connectivity index (χ3n) is 6.36. The SMILES string of the molecule is CN1CCN(C(=O)c2ccc(Nc3nc(Nc4cccc(S(=O)(=O)Nc5ccccc5)c4)ncc3F)cc2)CC1. The standard InChI is InChI=1S/C28H28FN7O3S/c1-35-14-16-36(17-15-35)27(37)20-10-12-21(13-11-20)31-26-25(29)19-30-28(33-26)32-23-8-5-9-24(18-23)40(38,39)34-22-6-3-2-4-7-22/h2-13,18-19,34H,14-17H2,1H3,(H2,30,31,32,33). The number of para-hydroxylation sites is 1. The minimum atomic E-state index is -3.84. The summed E-state index contributed by atoms with van der Waals surface area (Å²) in [6, 6.07) is 21.4. The van der Waals surface area contributed by atoms with Crippen molar-refractivity contribution in [2.24, 2.45) is 0 Å². The van der Waals surface area contributed by atoms with Crippen LogP contribution < -0.4 is 15.4 Å². The molecule has 0 aliphatic carbocycles. The van der Waals surface area contributed by atoms with Crippen LogP contribution in [0.5, 0.6) is 0 Å². The molecule has 206 valence electrons. The van der Waals surface area contributed by atoms with Crippen molar-refractivity contribution < 1.29 is 17.6 Å². The number of halogens is 1. The van der Waals surface area contributed by atoms with Gasteiger partial charge in [0.1, 0.15) is 0 Å². The lowest BCUT2D eigenvalue weighted by molar-refractivity contribution is 0.0664. The lowest BCUT2D eigenvalue weighted by Gasteiger charge is -2.32. The molecule has 4 aromatic rings. The molecule has 0 unspecified atom stereocenters. The predicted molar refractivity (Wildman–Crippen MR) is 152 cm³/mol. The highest BCUT2D eigenvalue weighted by Crippen LogP contribution is 2.24. The lowest BCUT2D eigenvalue weighted by atomic mass is 10.1. The summed E-state index contributed by atoms with van der Waals surface area (Å²) in [5, 5.41) is 5.83. The fraction of sp³-hybridized carbons (Fsp3) is 0.179. The fourth-order valence-electron chi connectivity index (χ4n) is 4.13. The quantitative estimate of drug-likeness (QED) is 0.292. The van der Waals surface area contributed by atoms with Crippen molar-refractivity contribution in [3.05, 3.63) is 96.4 Å². The van der Waals surface area contributed by atoms with Crippen LogP contribution in [-0.4, -0.2) is 67.3 Å². The highest BCUT2D eigenvalue weighted by Gasteiger charge is 2.20. The monoisotopic (exact) mass is 561 g/mol. The Balaban J connectivity index is 1.27. The van der Waals surface area contributed by atoms with Gasteiger partial charge in [-0.15, -0.1) is 0 Å². The van der Waals surface area contributed by atoms with E-state index in [1.165, 1.54) is 12.1 Å². The molecule has 0 bridgehead atoms. The number of anilines is 5. The molecule has 1 aromatic heterocycles. The number of benzene rings is 3. The zero-order valence-electron chi connectivity index (χ0n) is 21.7. The molecule has 3 N–H and O–H groups in total. The second-order valence-electron chi connectivity index (χ2n) is 9.31. The molecule has 1 aliphatic heterocycles. The van der Waals surface area contributed by atoms with E-state index in [-0.39, 0.29) is 22.6 Å². The van der Waals surface area contributed by atoms with Crippen LogP contribution in [0.15, 0.2) is 90.0 Å². The number of sulfonamides is 1. The number of carbonyl (C=O) groups excluding carboxylic acids is 1. The van der Waals surface area contributed by atoms with Gasteiger partial charge in [0.2, 0.25) is 5.95 Å². The van der Waals surface area contributed by atoms with E-state index in [9.17, 15) is 17.6 Å². The molecule has 10 nitrogen and oxygen atoms in total. The Labute approximate surface area is 231 Å². The van der Waals surface area contributed by atoms with Crippen LogP contribution in [0.25, 0.3) is 0 Å². The number of hydrogen-bond acceptors (Lipinski definition) is 8. The van der Waals surface area contributed by atoms with E-state index in [1.807, 2.05) is 11.9 Å². The largest absolute Gasteiger partial charge is 0.338 e. The van der Waals surface area contributed by atoms with Gasteiger partial charge in [0.25, 0.3) is 15.9 Å². The van der Waals surface area contributed by atoms with E-state index in [0.29, 0.717) is 35.7 Å². The van der Waals surface area contributed by atoms with Crippen molar-refractivity contribution in [2.45, 2.75) is 4.90 Å². The zero-order valence-corrected chi connectivity index (χ0v) is 22.5. The van der Waals surface area contributed by atoms with E-state index in [0.717, 1.165) is 19.3 Å². The maximum Gasteiger partial charge on any atom is 0.261 e. The van der Waals surface area contributed by atoms with Crippen molar-refractivity contribution in [3.8, 4) is 0 Å². The Bertz CT molecular complexity index is 1590. The first-order valence-electron chi connectivity index (χ1n) is 12.6. The molecule has 1 fully saturated rings. The molecule has 40 heavy (non-hydrogen) atoms. The Morgan fingerprint density at radius 1 is 0.850 bits per heavy atom. The van der Waals surface area contributed by atoms with E-state index in [1.54, 1.807) is 66.7 Å². The summed E-state index contributed by atoms with van der Waals surface area (Å²) >= 11 is 0. The molecule has 0 spiro atoms. The van der Waals surface area contributed by atoms with Gasteiger partial charge in [0.15, 0.2) is 11.6 Å². The van der Waals surface area contributed by atoms with Crippen LogP contribution >= 0.6 is 0 Å². The number of rotatable bonds is 8. The van der Waals surface area contributed by atoms with Gasteiger partial charge in [0, 0.05) is 48.8 Å². The highest BCUT2D eigenvalue weighted by atomic mass is 32.2. The Morgan fingerprint density at radius 3 is 2.27 bits per heavy atom. The number of hydrogen-bond donors (Lipinski definition) is 3. The number of aromatic nitrogens is 2. The summed E-state index contributed by atoms with van der Waals surface area (Å²) < 4.78 is 42.7. The smallest absolute Gasteiger partial charge is 0.261 e. The third-order valence-corrected chi connectivity index (χ3v) is 7.73. The normalized spacial score (nSPS) is 14.0. The lowest BCUT2D eigenvalue weighted by Crippen LogP contribution is -2.47. The Morgan fingerprint density at radius 2 is 1.55 bits per heavy atom. The number of nitrogens with one attached hydrogen (secondary N) is 3. The average Bonchev–Trinajstić information content (AvgIpc) is 2.96. The molecule has 12 heteroatoms. The van der Waals surface area contributed by atoms with E-state index in [4.69, 9.17) is 0 Å². The molecule has 1 amide bonds. The molecule has 1 saturated heterocycles. The van der Waals surface area contributed by atoms with Crippen molar-refractivity contribution in [1.82, 2.24) is 19.8 Å². The van der Waals surface area contributed by atoms with E-state index >= 15 is 0 Å². The molecule has 3 aromatic carbocycles. The molecular formula is C28H28FN7O3S. The van der Waals surface area contributed by atoms with Gasteiger partial charge in [-0.25, -0.2) is 17.8 Å². The van der Waals surface area contributed by atoms with Crippen LogP contribution in [0.1, 0.15) is 10.4 Å². The topological polar surface area (TPSA) is 120 Å². The summed E-state index contributed by atoms with van der Waals surface area (Å²) in [7, 11) is -1.81. The highest BCUT2D eigenvalue weighted by molar-refractivity contribution is 7.92. The first-order chi connectivity index (χ1) is 19.3. The summed E-state index contributed by atoms with van der Waals surface area (Å²) in [5.74, 6) is -0.726. The van der Waals surface area contributed by atoms with Crippen LogP contribution in [0, 0.1) is 5.82 Å². The fourth-order valence-corrected chi connectivity index (χ4v) is 5.23. The molecule has 0 radical (unpaired) electrons. The van der Waals surface area contributed by atoms with Crippen molar-refractivity contribution in [1.29, 1.82) is 0 Å². The summed E-state index contributed by atoms with van der Waals surface area (Å²) in [5.41, 5.74) is 1.94. The second kappa shape index (κ2) is 11.7. The minimum Gasteiger partial charge on any atom is -0.338 e. The molecule has 2 heterocycles. The van der Waals surface area contributed by atoms with Gasteiger partial charge in [-0.3, -0.25) is 9.52 Å². The van der Waals surface area contributed by atoms with Crippen molar-refractivity contribution in [2.75, 3.05) is 48.6 Å².